The minimum absolute atomic E-state index is 0.0253. The van der Waals surface area contributed by atoms with E-state index in [2.05, 4.69) is 10.2 Å². The number of para-hydroxylation sites is 1. The Morgan fingerprint density at radius 2 is 1.92 bits per heavy atom. The molecule has 0 atom stereocenters. The fraction of sp³-hybridized carbons (Fsp3) is 0.125. The quantitative estimate of drug-likeness (QED) is 0.293. The Hall–Kier alpha value is -3.14. The van der Waals surface area contributed by atoms with Gasteiger partial charge in [0, 0.05) is 17.9 Å². The van der Waals surface area contributed by atoms with Crippen molar-refractivity contribution >= 4 is 17.4 Å². The number of hydrogen-bond donors (Lipinski definition) is 1. The summed E-state index contributed by atoms with van der Waals surface area (Å²) < 4.78 is 20.2. The zero-order valence-electron chi connectivity index (χ0n) is 13.4. The van der Waals surface area contributed by atoms with Gasteiger partial charge in [-0.25, -0.2) is 9.07 Å². The highest BCUT2D eigenvalue weighted by molar-refractivity contribution is 7.98. The highest BCUT2D eigenvalue weighted by atomic mass is 32.2. The second-order valence-electron chi connectivity index (χ2n) is 5.20. The first-order chi connectivity index (χ1) is 12.5. The molecule has 0 unspecified atom stereocenters. The molecule has 0 amide bonds. The molecule has 0 fully saturated rings. The second kappa shape index (κ2) is 7.83. The summed E-state index contributed by atoms with van der Waals surface area (Å²) in [5.41, 5.74) is 0.918. The van der Waals surface area contributed by atoms with E-state index in [0.717, 1.165) is 5.56 Å². The zero-order chi connectivity index (χ0) is 18.5. The van der Waals surface area contributed by atoms with E-state index in [1.54, 1.807) is 24.3 Å². The van der Waals surface area contributed by atoms with Crippen molar-refractivity contribution in [1.82, 2.24) is 14.9 Å². The van der Waals surface area contributed by atoms with Gasteiger partial charge < -0.3 is 10.6 Å². The molecule has 8 nitrogen and oxygen atoms in total. The van der Waals surface area contributed by atoms with Crippen LogP contribution in [0, 0.1) is 15.9 Å². The van der Waals surface area contributed by atoms with Crippen LogP contribution >= 0.6 is 11.8 Å². The summed E-state index contributed by atoms with van der Waals surface area (Å²) in [5.74, 6) is 6.44. The van der Waals surface area contributed by atoms with Crippen LogP contribution in [0.3, 0.4) is 0 Å². The average molecular weight is 375 g/mol. The van der Waals surface area contributed by atoms with Gasteiger partial charge in [0.25, 0.3) is 5.69 Å². The number of thioether (sulfide) groups is 1. The van der Waals surface area contributed by atoms with E-state index < -0.39 is 10.7 Å². The first-order valence-corrected chi connectivity index (χ1v) is 8.46. The molecule has 2 N–H and O–H groups in total. The van der Waals surface area contributed by atoms with Gasteiger partial charge >= 0.3 is 0 Å². The van der Waals surface area contributed by atoms with Crippen molar-refractivity contribution in [2.75, 3.05) is 5.84 Å². The molecule has 0 aliphatic carbocycles. The summed E-state index contributed by atoms with van der Waals surface area (Å²) in [6.07, 6.45) is 0. The first-order valence-electron chi connectivity index (χ1n) is 7.47. The molecule has 0 radical (unpaired) electrons. The van der Waals surface area contributed by atoms with Crippen molar-refractivity contribution in [3.63, 3.8) is 0 Å². The summed E-state index contributed by atoms with van der Waals surface area (Å²) in [5, 5.41) is 19.0. The Balaban J connectivity index is 1.60. The van der Waals surface area contributed by atoms with Gasteiger partial charge in [0.2, 0.25) is 5.16 Å². The lowest BCUT2D eigenvalue weighted by Gasteiger charge is -2.07. The minimum Gasteiger partial charge on any atom is -0.482 e. The van der Waals surface area contributed by atoms with Crippen LogP contribution in [0.4, 0.5) is 10.1 Å². The number of nitrogens with two attached hydrogens (primary N) is 1. The molecule has 0 bridgehead atoms. The van der Waals surface area contributed by atoms with E-state index in [4.69, 9.17) is 10.6 Å². The van der Waals surface area contributed by atoms with Gasteiger partial charge in [0.05, 0.1) is 4.92 Å². The number of aromatic nitrogens is 3. The topological polar surface area (TPSA) is 109 Å². The van der Waals surface area contributed by atoms with Gasteiger partial charge in [-0.3, -0.25) is 10.1 Å². The van der Waals surface area contributed by atoms with Gasteiger partial charge in [-0.2, -0.15) is 0 Å². The molecule has 26 heavy (non-hydrogen) atoms. The Morgan fingerprint density at radius 1 is 1.19 bits per heavy atom. The number of benzene rings is 2. The third kappa shape index (κ3) is 4.09. The van der Waals surface area contributed by atoms with E-state index in [1.807, 2.05) is 0 Å². The van der Waals surface area contributed by atoms with Crippen molar-refractivity contribution in [2.24, 2.45) is 0 Å². The van der Waals surface area contributed by atoms with Crippen LogP contribution in [0.5, 0.6) is 5.75 Å². The molecule has 0 saturated heterocycles. The molecule has 1 aromatic heterocycles. The van der Waals surface area contributed by atoms with E-state index in [1.165, 1.54) is 40.7 Å². The lowest BCUT2D eigenvalue weighted by atomic mass is 10.2. The molecule has 0 aliphatic heterocycles. The molecule has 0 spiro atoms. The molecule has 0 saturated carbocycles. The van der Waals surface area contributed by atoms with Gasteiger partial charge in [0.1, 0.15) is 6.61 Å². The highest BCUT2D eigenvalue weighted by Gasteiger charge is 2.12. The molecular weight excluding hydrogens is 361 g/mol. The smallest absolute Gasteiger partial charge is 0.269 e. The van der Waals surface area contributed by atoms with Crippen molar-refractivity contribution in [3.05, 3.63) is 75.9 Å². The average Bonchev–Trinajstić information content (AvgIpc) is 2.99. The van der Waals surface area contributed by atoms with Gasteiger partial charge in [-0.1, -0.05) is 36.0 Å². The number of non-ortho nitro benzene ring substituents is 1. The van der Waals surface area contributed by atoms with Crippen molar-refractivity contribution in [2.45, 2.75) is 17.5 Å². The highest BCUT2D eigenvalue weighted by Crippen LogP contribution is 2.23. The predicted molar refractivity (Wildman–Crippen MR) is 93.6 cm³/mol. The SMILES string of the molecule is Nn1c(COc2ccccc2F)nnc1SCc1ccc([N+](=O)[O-])cc1. The summed E-state index contributed by atoms with van der Waals surface area (Å²) >= 11 is 1.32. The fourth-order valence-electron chi connectivity index (χ4n) is 2.07. The summed E-state index contributed by atoms with van der Waals surface area (Å²) in [6, 6.07) is 12.3. The fourth-order valence-corrected chi connectivity index (χ4v) is 2.90. The van der Waals surface area contributed by atoms with Crippen LogP contribution in [-0.2, 0) is 12.4 Å². The van der Waals surface area contributed by atoms with Crippen LogP contribution in [-0.4, -0.2) is 19.8 Å². The maximum absolute atomic E-state index is 13.5. The number of nitro benzene ring substituents is 1. The largest absolute Gasteiger partial charge is 0.482 e. The van der Waals surface area contributed by atoms with Gasteiger partial charge in [-0.15, -0.1) is 10.2 Å². The standard InChI is InChI=1S/C16H14FN5O3S/c17-13-3-1-2-4-14(13)25-9-15-19-20-16(21(15)18)26-10-11-5-7-12(8-6-11)22(23)24/h1-8H,9-10,18H2. The Bertz CT molecular complexity index is 917. The van der Waals surface area contributed by atoms with Gasteiger partial charge in [-0.05, 0) is 17.7 Å². The lowest BCUT2D eigenvalue weighted by molar-refractivity contribution is -0.384. The number of rotatable bonds is 7. The maximum Gasteiger partial charge on any atom is 0.269 e. The number of halogens is 1. The van der Waals surface area contributed by atoms with E-state index in [-0.39, 0.29) is 18.0 Å². The molecular formula is C16H14FN5O3S. The molecule has 2 aromatic carbocycles. The summed E-state index contributed by atoms with van der Waals surface area (Å²) in [7, 11) is 0. The third-order valence-electron chi connectivity index (χ3n) is 3.44. The molecule has 0 aliphatic rings. The normalized spacial score (nSPS) is 10.7. The van der Waals surface area contributed by atoms with Crippen molar-refractivity contribution < 1.29 is 14.1 Å². The van der Waals surface area contributed by atoms with E-state index in [9.17, 15) is 14.5 Å². The van der Waals surface area contributed by atoms with E-state index >= 15 is 0 Å². The molecule has 10 heteroatoms. The monoisotopic (exact) mass is 375 g/mol. The first kappa shape index (κ1) is 17.7. The van der Waals surface area contributed by atoms with Crippen molar-refractivity contribution in [1.29, 1.82) is 0 Å². The van der Waals surface area contributed by atoms with Gasteiger partial charge in [0.15, 0.2) is 17.4 Å². The number of ether oxygens (including phenoxy) is 1. The van der Waals surface area contributed by atoms with Crippen LogP contribution in [0.1, 0.15) is 11.4 Å². The zero-order valence-corrected chi connectivity index (χ0v) is 14.2. The molecule has 1 heterocycles. The molecule has 134 valence electrons. The molecule has 3 aromatic rings. The minimum atomic E-state index is -0.469. The Labute approximate surface area is 151 Å². The number of hydrogen-bond acceptors (Lipinski definition) is 7. The predicted octanol–water partition coefficient (Wildman–Crippen LogP) is 2.91. The summed E-state index contributed by atoms with van der Waals surface area (Å²) in [4.78, 5) is 10.2. The maximum atomic E-state index is 13.5. The Kier molecular flexibility index (Phi) is 5.32. The molecule has 3 rings (SSSR count). The van der Waals surface area contributed by atoms with E-state index in [0.29, 0.717) is 16.7 Å². The third-order valence-corrected chi connectivity index (χ3v) is 4.46. The number of nitrogens with zero attached hydrogens (tertiary/aromatic N) is 4. The van der Waals surface area contributed by atoms with Crippen LogP contribution in [0.25, 0.3) is 0 Å². The van der Waals surface area contributed by atoms with Crippen LogP contribution in [0.2, 0.25) is 0 Å². The number of nitrogen functional groups attached to an aromatic ring is 1. The lowest BCUT2D eigenvalue weighted by Crippen LogP contribution is -2.16. The van der Waals surface area contributed by atoms with Crippen molar-refractivity contribution in [3.8, 4) is 5.75 Å². The second-order valence-corrected chi connectivity index (χ2v) is 6.14. The van der Waals surface area contributed by atoms with Crippen LogP contribution < -0.4 is 10.6 Å². The summed E-state index contributed by atoms with van der Waals surface area (Å²) in [6.45, 7) is -0.0253. The Morgan fingerprint density at radius 3 is 2.62 bits per heavy atom. The van der Waals surface area contributed by atoms with Crippen LogP contribution in [0.15, 0.2) is 53.7 Å². The number of nitro groups is 1.